The number of anilines is 1. The molecule has 164 valence electrons. The normalized spacial score (nSPS) is 12.5. The van der Waals surface area contributed by atoms with Gasteiger partial charge in [0.25, 0.3) is 0 Å². The predicted octanol–water partition coefficient (Wildman–Crippen LogP) is 4.43. The molecule has 0 bridgehead atoms. The van der Waals surface area contributed by atoms with Gasteiger partial charge in [-0.3, -0.25) is 4.79 Å². The highest BCUT2D eigenvalue weighted by Crippen LogP contribution is 2.25. The van der Waals surface area contributed by atoms with Crippen molar-refractivity contribution in [1.82, 2.24) is 9.71 Å². The van der Waals surface area contributed by atoms with Crippen LogP contribution < -0.4 is 10.0 Å². The van der Waals surface area contributed by atoms with E-state index in [0.717, 1.165) is 15.9 Å². The van der Waals surface area contributed by atoms with Crippen LogP contribution in [0.2, 0.25) is 0 Å². The van der Waals surface area contributed by atoms with Gasteiger partial charge in [-0.15, -0.1) is 0 Å². The van der Waals surface area contributed by atoms with Crippen molar-refractivity contribution in [3.8, 4) is 0 Å². The Morgan fingerprint density at radius 1 is 1.03 bits per heavy atom. The molecule has 2 aromatic heterocycles. The predicted molar refractivity (Wildman–Crippen MR) is 125 cm³/mol. The molecule has 7 nitrogen and oxygen atoms in total. The molecule has 32 heavy (non-hydrogen) atoms. The number of aromatic nitrogens is 1. The van der Waals surface area contributed by atoms with Gasteiger partial charge in [0.05, 0.1) is 33.5 Å². The number of rotatable bonds is 8. The first-order chi connectivity index (χ1) is 15.4. The number of nitrogens with zero attached hydrogens (tertiary/aromatic N) is 1. The van der Waals surface area contributed by atoms with Gasteiger partial charge in [-0.2, -0.15) is 0 Å². The van der Waals surface area contributed by atoms with Crippen molar-refractivity contribution in [3.63, 3.8) is 0 Å². The number of carbonyl (C=O) groups is 1. The van der Waals surface area contributed by atoms with E-state index >= 15 is 0 Å². The van der Waals surface area contributed by atoms with Gasteiger partial charge in [0, 0.05) is 11.1 Å². The lowest BCUT2D eigenvalue weighted by atomic mass is 10.2. The lowest BCUT2D eigenvalue weighted by molar-refractivity contribution is -0.115. The number of para-hydroxylation sites is 1. The zero-order valence-electron chi connectivity index (χ0n) is 17.2. The summed E-state index contributed by atoms with van der Waals surface area (Å²) in [4.78, 5) is 17.3. The standard InChI is InChI=1S/C23H21N3O4S2/c1-16(31-22-13-8-17-5-2-3-7-21(17)26-22)23(27)25-18-9-11-20(12-10-18)32(28,29)24-15-19-6-4-14-30-19/h2-14,16,24H,15H2,1H3,(H,25,27). The molecule has 0 aliphatic carbocycles. The molecule has 0 saturated carbocycles. The SMILES string of the molecule is CC(Sc1ccc2ccccc2n1)C(=O)Nc1ccc(S(=O)(=O)NCc2ccco2)cc1. The maximum Gasteiger partial charge on any atom is 0.240 e. The monoisotopic (exact) mass is 467 g/mol. The van der Waals surface area contributed by atoms with E-state index in [1.165, 1.54) is 30.2 Å². The highest BCUT2D eigenvalue weighted by atomic mass is 32.2. The smallest absolute Gasteiger partial charge is 0.240 e. The van der Waals surface area contributed by atoms with E-state index in [2.05, 4.69) is 15.0 Å². The zero-order chi connectivity index (χ0) is 22.6. The Morgan fingerprint density at radius 2 is 1.81 bits per heavy atom. The third-order valence-corrected chi connectivity index (χ3v) is 7.14. The van der Waals surface area contributed by atoms with Crippen molar-refractivity contribution in [1.29, 1.82) is 0 Å². The van der Waals surface area contributed by atoms with Crippen molar-refractivity contribution < 1.29 is 17.6 Å². The van der Waals surface area contributed by atoms with Gasteiger partial charge in [0.2, 0.25) is 15.9 Å². The molecular weight excluding hydrogens is 446 g/mol. The van der Waals surface area contributed by atoms with E-state index in [4.69, 9.17) is 4.42 Å². The van der Waals surface area contributed by atoms with Crippen molar-refractivity contribution in [2.45, 2.75) is 28.6 Å². The van der Waals surface area contributed by atoms with Crippen LogP contribution in [0.5, 0.6) is 0 Å². The second-order valence-corrected chi connectivity index (χ2v) is 10.1. The summed E-state index contributed by atoms with van der Waals surface area (Å²) in [5.41, 5.74) is 1.39. The Hall–Kier alpha value is -3.14. The van der Waals surface area contributed by atoms with Gasteiger partial charge < -0.3 is 9.73 Å². The third kappa shape index (κ3) is 5.37. The van der Waals surface area contributed by atoms with E-state index < -0.39 is 10.0 Å². The van der Waals surface area contributed by atoms with Crippen LogP contribution in [0.25, 0.3) is 10.9 Å². The van der Waals surface area contributed by atoms with Crippen LogP contribution in [0.3, 0.4) is 0 Å². The Labute approximate surface area is 190 Å². The number of pyridine rings is 1. The van der Waals surface area contributed by atoms with Gasteiger partial charge in [0.1, 0.15) is 5.76 Å². The summed E-state index contributed by atoms with van der Waals surface area (Å²) in [6.07, 6.45) is 1.48. The van der Waals surface area contributed by atoms with Gasteiger partial charge >= 0.3 is 0 Å². The number of hydrogen-bond acceptors (Lipinski definition) is 6. The van der Waals surface area contributed by atoms with E-state index in [9.17, 15) is 13.2 Å². The summed E-state index contributed by atoms with van der Waals surface area (Å²) in [5.74, 6) is 0.321. The van der Waals surface area contributed by atoms with Crippen molar-refractivity contribution in [3.05, 3.63) is 84.8 Å². The molecule has 0 fully saturated rings. The van der Waals surface area contributed by atoms with Crippen LogP contribution in [0.4, 0.5) is 5.69 Å². The summed E-state index contributed by atoms with van der Waals surface area (Å²) in [6, 6.07) is 21.1. The van der Waals surface area contributed by atoms with Crippen LogP contribution >= 0.6 is 11.8 Å². The topological polar surface area (TPSA) is 101 Å². The molecule has 2 N–H and O–H groups in total. The molecule has 2 heterocycles. The van der Waals surface area contributed by atoms with E-state index in [-0.39, 0.29) is 22.6 Å². The fourth-order valence-corrected chi connectivity index (χ4v) is 4.79. The fraction of sp³-hybridized carbons (Fsp3) is 0.130. The lowest BCUT2D eigenvalue weighted by Crippen LogP contribution is -2.24. The van der Waals surface area contributed by atoms with E-state index in [0.29, 0.717) is 11.4 Å². The largest absolute Gasteiger partial charge is 0.468 e. The molecule has 4 rings (SSSR count). The number of hydrogen-bond donors (Lipinski definition) is 2. The summed E-state index contributed by atoms with van der Waals surface area (Å²) >= 11 is 1.36. The second-order valence-electron chi connectivity index (χ2n) is 7.02. The number of nitrogens with one attached hydrogen (secondary N) is 2. The Bertz CT molecular complexity index is 1320. The summed E-state index contributed by atoms with van der Waals surface area (Å²) in [7, 11) is -3.69. The van der Waals surface area contributed by atoms with Crippen molar-refractivity contribution in [2.24, 2.45) is 0 Å². The molecular formula is C23H21N3O4S2. The lowest BCUT2D eigenvalue weighted by Gasteiger charge is -2.12. The molecule has 2 aromatic carbocycles. The number of thioether (sulfide) groups is 1. The highest BCUT2D eigenvalue weighted by Gasteiger charge is 2.17. The maximum absolute atomic E-state index is 12.6. The van der Waals surface area contributed by atoms with Gasteiger partial charge in [-0.25, -0.2) is 18.1 Å². The summed E-state index contributed by atoms with van der Waals surface area (Å²) in [5, 5.41) is 4.23. The number of benzene rings is 2. The fourth-order valence-electron chi connectivity index (χ4n) is 2.97. The van der Waals surface area contributed by atoms with Crippen LogP contribution in [-0.2, 0) is 21.4 Å². The Kier molecular flexibility index (Phi) is 6.59. The van der Waals surface area contributed by atoms with Crippen LogP contribution in [-0.4, -0.2) is 24.6 Å². The minimum atomic E-state index is -3.69. The first-order valence-electron chi connectivity index (χ1n) is 9.86. The van der Waals surface area contributed by atoms with Gasteiger partial charge in [-0.1, -0.05) is 36.0 Å². The minimum absolute atomic E-state index is 0.0609. The van der Waals surface area contributed by atoms with E-state index in [1.807, 2.05) is 36.4 Å². The van der Waals surface area contributed by atoms with E-state index in [1.54, 1.807) is 31.2 Å². The van der Waals surface area contributed by atoms with Crippen molar-refractivity contribution in [2.75, 3.05) is 5.32 Å². The molecule has 0 aliphatic heterocycles. The maximum atomic E-state index is 12.6. The third-order valence-electron chi connectivity index (χ3n) is 4.69. The second kappa shape index (κ2) is 9.56. The first-order valence-corrected chi connectivity index (χ1v) is 12.2. The number of carbonyl (C=O) groups excluding carboxylic acids is 1. The number of amides is 1. The first kappa shape index (κ1) is 22.1. The van der Waals surface area contributed by atoms with Gasteiger partial charge in [0.15, 0.2) is 0 Å². The highest BCUT2D eigenvalue weighted by molar-refractivity contribution is 8.00. The number of sulfonamides is 1. The van der Waals surface area contributed by atoms with Crippen molar-refractivity contribution >= 4 is 44.3 Å². The van der Waals surface area contributed by atoms with Crippen LogP contribution in [0.15, 0.2) is 93.4 Å². The summed E-state index contributed by atoms with van der Waals surface area (Å²) in [6.45, 7) is 1.86. The molecule has 1 unspecified atom stereocenters. The minimum Gasteiger partial charge on any atom is -0.468 e. The van der Waals surface area contributed by atoms with Gasteiger partial charge in [-0.05, 0) is 55.5 Å². The number of fused-ring (bicyclic) bond motifs is 1. The molecule has 1 amide bonds. The molecule has 0 radical (unpaired) electrons. The summed E-state index contributed by atoms with van der Waals surface area (Å²) < 4.78 is 32.4. The number of furan rings is 1. The molecule has 4 aromatic rings. The quantitative estimate of drug-likeness (QED) is 0.372. The van der Waals surface area contributed by atoms with Crippen LogP contribution in [0.1, 0.15) is 12.7 Å². The van der Waals surface area contributed by atoms with Crippen LogP contribution in [0, 0.1) is 0 Å². The molecule has 0 aliphatic rings. The molecule has 0 saturated heterocycles. The average Bonchev–Trinajstić information content (AvgIpc) is 3.32. The molecule has 9 heteroatoms. The Balaban J connectivity index is 1.36. The average molecular weight is 468 g/mol. The zero-order valence-corrected chi connectivity index (χ0v) is 18.8. The molecule has 1 atom stereocenters. The molecule has 0 spiro atoms. The Morgan fingerprint density at radius 3 is 2.56 bits per heavy atom.